The first kappa shape index (κ1) is 25.1. The van der Waals surface area contributed by atoms with Gasteiger partial charge in [-0.1, -0.05) is 30.3 Å². The smallest absolute Gasteiger partial charge is 0.191 e. The molecule has 2 fully saturated rings. The Morgan fingerprint density at radius 3 is 2.56 bits per heavy atom. The molecule has 0 spiro atoms. The standard InChI is InChI=1S/C25H36N4O2.HI/c1-26-24(28-20-25(11-17-30-18-12-25)29-14-4-5-15-29)27-13-6-16-31-23-10-9-21-7-2-3-8-22(21)19-23;/h2-3,7-10,19H,4-6,11-18,20H2,1H3,(H2,26,27,28);1H. The molecule has 0 aromatic heterocycles. The van der Waals surface area contributed by atoms with Crippen molar-refractivity contribution in [1.29, 1.82) is 0 Å². The summed E-state index contributed by atoms with van der Waals surface area (Å²) in [7, 11) is 1.84. The van der Waals surface area contributed by atoms with Crippen LogP contribution in [0.15, 0.2) is 47.5 Å². The van der Waals surface area contributed by atoms with E-state index in [1.807, 2.05) is 13.1 Å². The lowest BCUT2D eigenvalue weighted by molar-refractivity contribution is -0.0164. The quantitative estimate of drug-likeness (QED) is 0.224. The summed E-state index contributed by atoms with van der Waals surface area (Å²) in [6.45, 7) is 6.56. The second-order valence-electron chi connectivity index (χ2n) is 8.59. The number of hydrogen-bond acceptors (Lipinski definition) is 4. The van der Waals surface area contributed by atoms with E-state index in [9.17, 15) is 0 Å². The molecular formula is C25H37IN4O2. The Morgan fingerprint density at radius 2 is 1.81 bits per heavy atom. The van der Waals surface area contributed by atoms with E-state index in [1.54, 1.807) is 0 Å². The van der Waals surface area contributed by atoms with Crippen LogP contribution in [0.5, 0.6) is 5.75 Å². The van der Waals surface area contributed by atoms with Crippen LogP contribution in [0.1, 0.15) is 32.1 Å². The highest BCUT2D eigenvalue weighted by atomic mass is 127. The van der Waals surface area contributed by atoms with Gasteiger partial charge in [0.15, 0.2) is 5.96 Å². The maximum atomic E-state index is 5.95. The molecule has 176 valence electrons. The van der Waals surface area contributed by atoms with Crippen LogP contribution in [0.2, 0.25) is 0 Å². The van der Waals surface area contributed by atoms with Gasteiger partial charge in [-0.05, 0) is 68.1 Å². The molecule has 32 heavy (non-hydrogen) atoms. The lowest BCUT2D eigenvalue weighted by atomic mass is 9.88. The van der Waals surface area contributed by atoms with Gasteiger partial charge in [0, 0.05) is 38.9 Å². The van der Waals surface area contributed by atoms with Crippen molar-refractivity contribution in [1.82, 2.24) is 15.5 Å². The molecule has 2 N–H and O–H groups in total. The van der Waals surface area contributed by atoms with Crippen molar-refractivity contribution in [3.63, 3.8) is 0 Å². The molecule has 2 heterocycles. The molecule has 4 rings (SSSR count). The van der Waals surface area contributed by atoms with E-state index in [0.29, 0.717) is 6.61 Å². The van der Waals surface area contributed by atoms with Gasteiger partial charge in [-0.15, -0.1) is 24.0 Å². The van der Waals surface area contributed by atoms with E-state index >= 15 is 0 Å². The number of aliphatic imine (C=N–C) groups is 1. The fourth-order valence-electron chi connectivity index (χ4n) is 4.74. The van der Waals surface area contributed by atoms with Crippen LogP contribution in [-0.2, 0) is 4.74 Å². The first-order valence-electron chi connectivity index (χ1n) is 11.7. The molecule has 0 bridgehead atoms. The Labute approximate surface area is 209 Å². The molecule has 0 aliphatic carbocycles. The molecule has 2 aromatic carbocycles. The SMILES string of the molecule is CN=C(NCCCOc1ccc2ccccc2c1)NCC1(N2CCCC2)CCOCC1.I. The van der Waals surface area contributed by atoms with E-state index in [2.05, 4.69) is 56.9 Å². The predicted molar refractivity (Wildman–Crippen MR) is 142 cm³/mol. The molecule has 2 aromatic rings. The molecule has 6 nitrogen and oxygen atoms in total. The van der Waals surface area contributed by atoms with Crippen molar-refractivity contribution < 1.29 is 9.47 Å². The number of nitrogens with one attached hydrogen (secondary N) is 2. The van der Waals surface area contributed by atoms with Crippen LogP contribution in [0.3, 0.4) is 0 Å². The maximum absolute atomic E-state index is 5.95. The van der Waals surface area contributed by atoms with Crippen molar-refractivity contribution in [3.05, 3.63) is 42.5 Å². The summed E-state index contributed by atoms with van der Waals surface area (Å²) in [5, 5.41) is 9.48. The number of guanidine groups is 1. The summed E-state index contributed by atoms with van der Waals surface area (Å²) in [5.74, 6) is 1.80. The number of ether oxygens (including phenoxy) is 2. The molecule has 2 saturated heterocycles. The highest BCUT2D eigenvalue weighted by Crippen LogP contribution is 2.30. The monoisotopic (exact) mass is 552 g/mol. The summed E-state index contributed by atoms with van der Waals surface area (Å²) in [6, 6.07) is 14.6. The predicted octanol–water partition coefficient (Wildman–Crippen LogP) is 4.04. The van der Waals surface area contributed by atoms with Crippen molar-refractivity contribution in [3.8, 4) is 5.75 Å². The van der Waals surface area contributed by atoms with Crippen molar-refractivity contribution in [2.24, 2.45) is 4.99 Å². The summed E-state index contributed by atoms with van der Waals surface area (Å²) < 4.78 is 11.6. The Bertz CT molecular complexity index is 864. The average molecular weight is 553 g/mol. The summed E-state index contributed by atoms with van der Waals surface area (Å²) in [6.07, 6.45) is 5.73. The van der Waals surface area contributed by atoms with Crippen LogP contribution in [0.25, 0.3) is 10.8 Å². The lowest BCUT2D eigenvalue weighted by Gasteiger charge is -2.45. The molecule has 0 atom stereocenters. The highest BCUT2D eigenvalue weighted by molar-refractivity contribution is 14.0. The topological polar surface area (TPSA) is 58.1 Å². The van der Waals surface area contributed by atoms with Crippen molar-refractivity contribution in [2.45, 2.75) is 37.6 Å². The summed E-state index contributed by atoms with van der Waals surface area (Å²) in [4.78, 5) is 7.10. The average Bonchev–Trinajstić information content (AvgIpc) is 3.37. The zero-order chi connectivity index (χ0) is 21.4. The van der Waals surface area contributed by atoms with E-state index in [4.69, 9.17) is 9.47 Å². The van der Waals surface area contributed by atoms with Gasteiger partial charge < -0.3 is 20.1 Å². The molecule has 0 unspecified atom stereocenters. The van der Waals surface area contributed by atoms with Crippen molar-refractivity contribution in [2.75, 3.05) is 53.0 Å². The molecule has 2 aliphatic rings. The minimum atomic E-state index is 0. The Morgan fingerprint density at radius 1 is 1.06 bits per heavy atom. The molecular weight excluding hydrogens is 515 g/mol. The Hall–Kier alpha value is -1.58. The van der Waals surface area contributed by atoms with Crippen LogP contribution in [0.4, 0.5) is 0 Å². The van der Waals surface area contributed by atoms with Crippen LogP contribution >= 0.6 is 24.0 Å². The number of halogens is 1. The molecule has 7 heteroatoms. The van der Waals surface area contributed by atoms with Gasteiger partial charge in [0.2, 0.25) is 0 Å². The highest BCUT2D eigenvalue weighted by Gasteiger charge is 2.39. The maximum Gasteiger partial charge on any atom is 0.191 e. The number of nitrogens with zero attached hydrogens (tertiary/aromatic N) is 2. The van der Waals surface area contributed by atoms with Gasteiger partial charge in [0.05, 0.1) is 6.61 Å². The number of fused-ring (bicyclic) bond motifs is 1. The summed E-state index contributed by atoms with van der Waals surface area (Å²) in [5.41, 5.74) is 0.200. The third kappa shape index (κ3) is 6.48. The van der Waals surface area contributed by atoms with E-state index in [-0.39, 0.29) is 29.5 Å². The third-order valence-corrected chi connectivity index (χ3v) is 6.61. The van der Waals surface area contributed by atoms with Crippen molar-refractivity contribution >= 4 is 40.7 Å². The van der Waals surface area contributed by atoms with Crippen LogP contribution in [0, 0.1) is 0 Å². The van der Waals surface area contributed by atoms with E-state index < -0.39 is 0 Å². The third-order valence-electron chi connectivity index (χ3n) is 6.61. The fraction of sp³-hybridized carbons (Fsp3) is 0.560. The number of likely N-dealkylation sites (tertiary alicyclic amines) is 1. The van der Waals surface area contributed by atoms with Crippen LogP contribution < -0.4 is 15.4 Å². The molecule has 2 aliphatic heterocycles. The summed E-state index contributed by atoms with van der Waals surface area (Å²) >= 11 is 0. The normalized spacial score (nSPS) is 18.8. The Balaban J connectivity index is 0.00000289. The van der Waals surface area contributed by atoms with Crippen LogP contribution in [-0.4, -0.2) is 69.4 Å². The van der Waals surface area contributed by atoms with E-state index in [0.717, 1.165) is 57.3 Å². The second kappa shape index (κ2) is 12.6. The molecule has 0 saturated carbocycles. The van der Waals surface area contributed by atoms with Gasteiger partial charge in [0.25, 0.3) is 0 Å². The van der Waals surface area contributed by atoms with Gasteiger partial charge in [-0.3, -0.25) is 9.89 Å². The largest absolute Gasteiger partial charge is 0.494 e. The lowest BCUT2D eigenvalue weighted by Crippen LogP contribution is -2.58. The van der Waals surface area contributed by atoms with Gasteiger partial charge in [-0.2, -0.15) is 0 Å². The number of rotatable bonds is 8. The zero-order valence-electron chi connectivity index (χ0n) is 19.1. The first-order valence-corrected chi connectivity index (χ1v) is 11.7. The minimum absolute atomic E-state index is 0. The first-order chi connectivity index (χ1) is 15.3. The van der Waals surface area contributed by atoms with Gasteiger partial charge >= 0.3 is 0 Å². The number of benzene rings is 2. The van der Waals surface area contributed by atoms with Gasteiger partial charge in [0.1, 0.15) is 5.75 Å². The van der Waals surface area contributed by atoms with E-state index in [1.165, 1.54) is 36.7 Å². The number of hydrogen-bond donors (Lipinski definition) is 2. The Kier molecular flexibility index (Phi) is 9.87. The molecule has 0 radical (unpaired) electrons. The van der Waals surface area contributed by atoms with Gasteiger partial charge in [-0.25, -0.2) is 0 Å². The fourth-order valence-corrected chi connectivity index (χ4v) is 4.74. The zero-order valence-corrected chi connectivity index (χ0v) is 21.5. The second-order valence-corrected chi connectivity index (χ2v) is 8.59. The molecule has 0 amide bonds. The minimum Gasteiger partial charge on any atom is -0.494 e.